The van der Waals surface area contributed by atoms with E-state index in [0.29, 0.717) is 11.4 Å². The molecule has 5 nitrogen and oxygen atoms in total. The zero-order chi connectivity index (χ0) is 15.3. The summed E-state index contributed by atoms with van der Waals surface area (Å²) in [6.07, 6.45) is 1.74. The summed E-state index contributed by atoms with van der Waals surface area (Å²) in [5, 5.41) is 0.774. The summed E-state index contributed by atoms with van der Waals surface area (Å²) in [4.78, 5) is 6.10. The monoisotopic (exact) mass is 343 g/mol. The first-order chi connectivity index (χ1) is 9.96. The first kappa shape index (κ1) is 16.3. The third-order valence-corrected chi connectivity index (χ3v) is 6.23. The predicted octanol–water partition coefficient (Wildman–Crippen LogP) is 2.25. The minimum atomic E-state index is -3.30. The number of nitrogens with two attached hydrogens (primary N) is 1. The molecule has 1 heterocycles. The van der Waals surface area contributed by atoms with Crippen LogP contribution in [-0.2, 0) is 16.6 Å². The SMILES string of the molecule is Cc1cnc(CNS(=O)(=O)CCSc2ccccc2N)s1. The molecule has 0 atom stereocenters. The molecular formula is C13H17N3O2S3. The number of anilines is 1. The minimum Gasteiger partial charge on any atom is -0.398 e. The molecule has 0 spiro atoms. The molecule has 0 aliphatic rings. The molecule has 114 valence electrons. The van der Waals surface area contributed by atoms with Crippen molar-refractivity contribution in [1.82, 2.24) is 9.71 Å². The average molecular weight is 343 g/mol. The smallest absolute Gasteiger partial charge is 0.212 e. The van der Waals surface area contributed by atoms with Crippen molar-refractivity contribution in [3.8, 4) is 0 Å². The van der Waals surface area contributed by atoms with Crippen LogP contribution >= 0.6 is 23.1 Å². The Hall–Kier alpha value is -1.09. The van der Waals surface area contributed by atoms with E-state index in [1.54, 1.807) is 12.3 Å². The summed E-state index contributed by atoms with van der Waals surface area (Å²) in [5.74, 6) is 0.511. The molecule has 0 radical (unpaired) electrons. The number of thioether (sulfide) groups is 1. The lowest BCUT2D eigenvalue weighted by Gasteiger charge is -2.06. The van der Waals surface area contributed by atoms with Gasteiger partial charge < -0.3 is 5.73 Å². The fourth-order valence-electron chi connectivity index (χ4n) is 1.60. The van der Waals surface area contributed by atoms with E-state index in [4.69, 9.17) is 5.73 Å². The summed E-state index contributed by atoms with van der Waals surface area (Å²) in [6, 6.07) is 7.43. The summed E-state index contributed by atoms with van der Waals surface area (Å²) in [5.41, 5.74) is 6.49. The number of nitrogens with zero attached hydrogens (tertiary/aromatic N) is 1. The van der Waals surface area contributed by atoms with E-state index in [0.717, 1.165) is 14.8 Å². The summed E-state index contributed by atoms with van der Waals surface area (Å²) < 4.78 is 26.4. The number of thiazole rings is 1. The number of aryl methyl sites for hydroxylation is 1. The molecule has 0 bridgehead atoms. The maximum Gasteiger partial charge on any atom is 0.212 e. The van der Waals surface area contributed by atoms with Gasteiger partial charge in [0.15, 0.2) is 0 Å². The number of benzene rings is 1. The van der Waals surface area contributed by atoms with Crippen LogP contribution in [0.4, 0.5) is 5.69 Å². The first-order valence-electron chi connectivity index (χ1n) is 6.32. The molecule has 2 rings (SSSR count). The van der Waals surface area contributed by atoms with Crippen LogP contribution in [0.1, 0.15) is 9.88 Å². The van der Waals surface area contributed by atoms with Crippen molar-refractivity contribution in [2.75, 3.05) is 17.2 Å². The number of nitrogens with one attached hydrogen (secondary N) is 1. The highest BCUT2D eigenvalue weighted by Gasteiger charge is 2.11. The molecule has 2 aromatic rings. The van der Waals surface area contributed by atoms with E-state index >= 15 is 0 Å². The van der Waals surface area contributed by atoms with Gasteiger partial charge in [-0.3, -0.25) is 0 Å². The molecule has 0 aliphatic carbocycles. The van der Waals surface area contributed by atoms with E-state index < -0.39 is 10.0 Å². The number of rotatable bonds is 7. The van der Waals surface area contributed by atoms with E-state index in [1.165, 1.54) is 23.1 Å². The Bertz CT molecular complexity index is 698. The van der Waals surface area contributed by atoms with Gasteiger partial charge in [-0.15, -0.1) is 23.1 Å². The second-order valence-electron chi connectivity index (χ2n) is 4.39. The zero-order valence-corrected chi connectivity index (χ0v) is 14.0. The van der Waals surface area contributed by atoms with Gasteiger partial charge in [-0.25, -0.2) is 18.1 Å². The Balaban J connectivity index is 1.80. The van der Waals surface area contributed by atoms with E-state index in [2.05, 4.69) is 9.71 Å². The van der Waals surface area contributed by atoms with Crippen LogP contribution in [0.15, 0.2) is 35.4 Å². The van der Waals surface area contributed by atoms with Crippen molar-refractivity contribution in [2.45, 2.75) is 18.4 Å². The largest absolute Gasteiger partial charge is 0.398 e. The average Bonchev–Trinajstić information content (AvgIpc) is 2.85. The fraction of sp³-hybridized carbons (Fsp3) is 0.308. The van der Waals surface area contributed by atoms with Gasteiger partial charge in [0.2, 0.25) is 10.0 Å². The number of para-hydroxylation sites is 1. The van der Waals surface area contributed by atoms with Gasteiger partial charge in [0.25, 0.3) is 0 Å². The fourth-order valence-corrected chi connectivity index (χ4v) is 4.76. The second-order valence-corrected chi connectivity index (χ2v) is 8.77. The lowest BCUT2D eigenvalue weighted by Crippen LogP contribution is -2.26. The summed E-state index contributed by atoms with van der Waals surface area (Å²) >= 11 is 2.93. The van der Waals surface area contributed by atoms with E-state index in [1.807, 2.05) is 25.1 Å². The summed E-state index contributed by atoms with van der Waals surface area (Å²) in [7, 11) is -3.30. The Kier molecular flexibility index (Phi) is 5.63. The molecule has 3 N–H and O–H groups in total. The number of hydrogen-bond acceptors (Lipinski definition) is 6. The topological polar surface area (TPSA) is 85.1 Å². The van der Waals surface area contributed by atoms with Crippen LogP contribution in [-0.4, -0.2) is 24.9 Å². The standard InChI is InChI=1S/C13H17N3O2S3/c1-10-8-15-13(20-10)9-16-21(17,18)7-6-19-12-5-3-2-4-11(12)14/h2-5,8,16H,6-7,9,14H2,1H3. The van der Waals surface area contributed by atoms with E-state index in [-0.39, 0.29) is 12.3 Å². The van der Waals surface area contributed by atoms with Crippen molar-refractivity contribution in [1.29, 1.82) is 0 Å². The Morgan fingerprint density at radius 2 is 2.14 bits per heavy atom. The second kappa shape index (κ2) is 7.26. The normalized spacial score (nSPS) is 11.7. The minimum absolute atomic E-state index is 0.0519. The first-order valence-corrected chi connectivity index (χ1v) is 9.78. The predicted molar refractivity (Wildman–Crippen MR) is 89.1 cm³/mol. The molecule has 21 heavy (non-hydrogen) atoms. The van der Waals surface area contributed by atoms with Gasteiger partial charge in [0.1, 0.15) is 5.01 Å². The van der Waals surface area contributed by atoms with Crippen molar-refractivity contribution in [2.24, 2.45) is 0 Å². The molecule has 0 aliphatic heterocycles. The highest BCUT2D eigenvalue weighted by molar-refractivity contribution is 8.00. The maximum atomic E-state index is 11.9. The quantitative estimate of drug-likeness (QED) is 0.595. The highest BCUT2D eigenvalue weighted by Crippen LogP contribution is 2.24. The number of aromatic nitrogens is 1. The number of nitrogen functional groups attached to an aromatic ring is 1. The molecule has 0 saturated heterocycles. The van der Waals surface area contributed by atoms with Gasteiger partial charge in [-0.1, -0.05) is 12.1 Å². The third kappa shape index (κ3) is 5.31. The molecule has 0 fully saturated rings. The maximum absolute atomic E-state index is 11.9. The Morgan fingerprint density at radius 1 is 1.38 bits per heavy atom. The van der Waals surface area contributed by atoms with Crippen LogP contribution in [0, 0.1) is 6.92 Å². The van der Waals surface area contributed by atoms with Crippen LogP contribution in [0.3, 0.4) is 0 Å². The molecule has 1 aromatic carbocycles. The molecule has 0 amide bonds. The lowest BCUT2D eigenvalue weighted by atomic mass is 10.3. The highest BCUT2D eigenvalue weighted by atomic mass is 32.2. The number of hydrogen-bond donors (Lipinski definition) is 2. The third-order valence-electron chi connectivity index (χ3n) is 2.64. The van der Waals surface area contributed by atoms with E-state index in [9.17, 15) is 8.42 Å². The molecule has 1 aromatic heterocycles. The van der Waals surface area contributed by atoms with Crippen LogP contribution in [0.25, 0.3) is 0 Å². The Labute approximate surface area is 133 Å². The van der Waals surface area contributed by atoms with Gasteiger partial charge in [0.05, 0.1) is 12.3 Å². The lowest BCUT2D eigenvalue weighted by molar-refractivity contribution is 0.583. The van der Waals surface area contributed by atoms with Gasteiger partial charge in [-0.05, 0) is 19.1 Å². The van der Waals surface area contributed by atoms with Crippen molar-refractivity contribution < 1.29 is 8.42 Å². The van der Waals surface area contributed by atoms with Crippen LogP contribution in [0.5, 0.6) is 0 Å². The van der Waals surface area contributed by atoms with Crippen molar-refractivity contribution in [3.63, 3.8) is 0 Å². The van der Waals surface area contributed by atoms with Crippen LogP contribution in [0.2, 0.25) is 0 Å². The van der Waals surface area contributed by atoms with Crippen molar-refractivity contribution >= 4 is 38.8 Å². The number of sulfonamides is 1. The summed E-state index contributed by atoms with van der Waals surface area (Å²) in [6.45, 7) is 2.19. The van der Waals surface area contributed by atoms with Gasteiger partial charge in [-0.2, -0.15) is 0 Å². The van der Waals surface area contributed by atoms with Gasteiger partial charge >= 0.3 is 0 Å². The molecule has 0 unspecified atom stereocenters. The molecular weight excluding hydrogens is 326 g/mol. The Morgan fingerprint density at radius 3 is 2.81 bits per heavy atom. The van der Waals surface area contributed by atoms with Gasteiger partial charge in [0, 0.05) is 27.4 Å². The molecule has 0 saturated carbocycles. The zero-order valence-electron chi connectivity index (χ0n) is 11.6. The van der Waals surface area contributed by atoms with Crippen LogP contribution < -0.4 is 10.5 Å². The molecule has 8 heteroatoms. The van der Waals surface area contributed by atoms with Crippen molar-refractivity contribution in [3.05, 3.63) is 40.3 Å².